The van der Waals surface area contributed by atoms with E-state index in [0.29, 0.717) is 40.0 Å². The van der Waals surface area contributed by atoms with Crippen LogP contribution in [-0.2, 0) is 28.4 Å². The summed E-state index contributed by atoms with van der Waals surface area (Å²) in [7, 11) is 0. The second kappa shape index (κ2) is 13.0. The van der Waals surface area contributed by atoms with Gasteiger partial charge in [-0.05, 0) is 71.6 Å². The van der Waals surface area contributed by atoms with E-state index >= 15 is 0 Å². The van der Waals surface area contributed by atoms with Crippen molar-refractivity contribution in [2.75, 3.05) is 4.90 Å². The van der Waals surface area contributed by atoms with Crippen LogP contribution in [0.25, 0.3) is 5.76 Å². The monoisotopic (exact) mass is 665 g/mol. The van der Waals surface area contributed by atoms with Crippen molar-refractivity contribution in [1.29, 1.82) is 0 Å². The number of hydrogen-bond acceptors (Lipinski definition) is 9. The highest BCUT2D eigenvalue weighted by Crippen LogP contribution is 2.45. The Morgan fingerprint density at radius 2 is 1.81 bits per heavy atom. The summed E-state index contributed by atoms with van der Waals surface area (Å²) in [6, 6.07) is 27.3. The summed E-state index contributed by atoms with van der Waals surface area (Å²) < 4.78 is 25.8. The molecule has 0 bridgehead atoms. The predicted octanol–water partition coefficient (Wildman–Crippen LogP) is 7.50. The Hall–Kier alpha value is -5.00. The maximum atomic E-state index is 13.8. The van der Waals surface area contributed by atoms with E-state index in [1.807, 2.05) is 37.3 Å². The van der Waals surface area contributed by atoms with Crippen LogP contribution in [0.15, 0.2) is 107 Å². The molecule has 2 unspecified atom stereocenters. The topological polar surface area (TPSA) is 102 Å². The van der Waals surface area contributed by atoms with E-state index < -0.39 is 17.7 Å². The van der Waals surface area contributed by atoms with Crippen molar-refractivity contribution in [2.45, 2.75) is 42.2 Å². The van der Waals surface area contributed by atoms with E-state index in [0.717, 1.165) is 33.8 Å². The standard InChI is InChI=1S/C36H28FN3O5S2/c1-21-16-26-17-25(12-15-29(26)45-21)32(41)30-31(24-8-5-9-28(18-24)44-19-22-6-3-2-4-7-22)40(34(43)33(30)42)35-38-39-36(47-35)46-20-23-10-13-27(37)14-11-23/h2-15,17-18,21,31,41H,16,19-20H2,1H3. The third-order valence-corrected chi connectivity index (χ3v) is 10.0. The van der Waals surface area contributed by atoms with E-state index in [2.05, 4.69) is 10.2 Å². The Bertz CT molecular complexity index is 2000. The summed E-state index contributed by atoms with van der Waals surface area (Å²) in [5.74, 6) is -0.477. The molecule has 2 atom stereocenters. The number of Topliss-reactive ketones (excluding diaryl/α,β-unsaturated/α-hetero) is 1. The third kappa shape index (κ3) is 6.36. The van der Waals surface area contributed by atoms with E-state index in [1.165, 1.54) is 28.8 Å². The summed E-state index contributed by atoms with van der Waals surface area (Å²) in [5, 5.41) is 20.5. The van der Waals surface area contributed by atoms with Crippen LogP contribution in [0, 0.1) is 5.82 Å². The lowest BCUT2D eigenvalue weighted by molar-refractivity contribution is -0.132. The number of aliphatic hydroxyl groups is 1. The first-order valence-electron chi connectivity index (χ1n) is 14.9. The van der Waals surface area contributed by atoms with Crippen molar-refractivity contribution >= 4 is 45.7 Å². The van der Waals surface area contributed by atoms with Gasteiger partial charge in [-0.25, -0.2) is 4.39 Å². The first-order chi connectivity index (χ1) is 22.8. The summed E-state index contributed by atoms with van der Waals surface area (Å²) in [6.45, 7) is 2.29. The Morgan fingerprint density at radius 3 is 2.62 bits per heavy atom. The molecule has 1 N–H and O–H groups in total. The molecule has 47 heavy (non-hydrogen) atoms. The Balaban J connectivity index is 1.25. The quantitative estimate of drug-likeness (QED) is 0.0568. The van der Waals surface area contributed by atoms with Crippen molar-refractivity contribution in [3.63, 3.8) is 0 Å². The van der Waals surface area contributed by atoms with Gasteiger partial charge < -0.3 is 14.6 Å². The van der Waals surface area contributed by atoms with Crippen molar-refractivity contribution in [2.24, 2.45) is 0 Å². The van der Waals surface area contributed by atoms with Crippen molar-refractivity contribution in [3.05, 3.63) is 136 Å². The normalized spacial score (nSPS) is 18.3. The number of hydrogen-bond donors (Lipinski definition) is 1. The molecular weight excluding hydrogens is 638 g/mol. The fourth-order valence-corrected chi connectivity index (χ4v) is 7.49. The molecular formula is C36H28FN3O5S2. The minimum atomic E-state index is -0.999. The van der Waals surface area contributed by atoms with Gasteiger partial charge in [-0.1, -0.05) is 77.7 Å². The van der Waals surface area contributed by atoms with Crippen LogP contribution >= 0.6 is 23.1 Å². The first kappa shape index (κ1) is 30.6. The van der Waals surface area contributed by atoms with E-state index in [4.69, 9.17) is 9.47 Å². The number of aliphatic hydroxyl groups excluding tert-OH is 1. The van der Waals surface area contributed by atoms with Gasteiger partial charge in [0.25, 0.3) is 5.78 Å². The maximum Gasteiger partial charge on any atom is 0.301 e. The zero-order valence-corrected chi connectivity index (χ0v) is 26.8. The molecule has 1 saturated heterocycles. The molecule has 11 heteroatoms. The highest BCUT2D eigenvalue weighted by Gasteiger charge is 2.48. The zero-order chi connectivity index (χ0) is 32.5. The van der Waals surface area contributed by atoms with Gasteiger partial charge in [0, 0.05) is 17.7 Å². The average Bonchev–Trinajstić information content (AvgIpc) is 3.78. The summed E-state index contributed by atoms with van der Waals surface area (Å²) in [5.41, 5.74) is 3.71. The lowest BCUT2D eigenvalue weighted by Gasteiger charge is -2.23. The van der Waals surface area contributed by atoms with Crippen LogP contribution in [-0.4, -0.2) is 33.1 Å². The number of rotatable bonds is 9. The molecule has 7 rings (SSSR count). The summed E-state index contributed by atoms with van der Waals surface area (Å²) >= 11 is 2.55. The number of aromatic nitrogens is 2. The van der Waals surface area contributed by atoms with Crippen LogP contribution in [0.1, 0.15) is 40.8 Å². The number of fused-ring (bicyclic) bond motifs is 1. The Kier molecular flexibility index (Phi) is 8.48. The number of carbonyl (C=O) groups is 2. The smallest absolute Gasteiger partial charge is 0.301 e. The molecule has 0 radical (unpaired) electrons. The lowest BCUT2D eigenvalue weighted by atomic mass is 9.94. The summed E-state index contributed by atoms with van der Waals surface area (Å²) in [6.07, 6.45) is 0.664. The molecule has 4 aromatic carbocycles. The fraction of sp³-hybridized carbons (Fsp3) is 0.167. The molecule has 236 valence electrons. The largest absolute Gasteiger partial charge is 0.507 e. The SMILES string of the molecule is CC1Cc2cc(C(O)=C3C(=O)C(=O)N(c4nnc(SCc5ccc(F)cc5)s4)C3c3cccc(OCc4ccccc4)c3)ccc2O1. The van der Waals surface area contributed by atoms with Gasteiger partial charge in [-0.15, -0.1) is 10.2 Å². The Morgan fingerprint density at radius 1 is 1.00 bits per heavy atom. The van der Waals surface area contributed by atoms with E-state index in [-0.39, 0.29) is 28.4 Å². The number of amides is 1. The molecule has 2 aliphatic rings. The highest BCUT2D eigenvalue weighted by atomic mass is 32.2. The second-order valence-electron chi connectivity index (χ2n) is 11.2. The van der Waals surface area contributed by atoms with Gasteiger partial charge in [0.2, 0.25) is 5.13 Å². The van der Waals surface area contributed by atoms with Gasteiger partial charge in [-0.2, -0.15) is 0 Å². The van der Waals surface area contributed by atoms with Crippen LogP contribution in [0.2, 0.25) is 0 Å². The second-order valence-corrected chi connectivity index (χ2v) is 13.4. The number of ether oxygens (including phenoxy) is 2. The number of carbonyl (C=O) groups excluding carboxylic acids is 2. The minimum absolute atomic E-state index is 0.000807. The molecule has 1 amide bonds. The van der Waals surface area contributed by atoms with Crippen LogP contribution < -0.4 is 14.4 Å². The highest BCUT2D eigenvalue weighted by molar-refractivity contribution is 8.00. The molecule has 3 heterocycles. The van der Waals surface area contributed by atoms with E-state index in [1.54, 1.807) is 54.6 Å². The average molecular weight is 666 g/mol. The molecule has 8 nitrogen and oxygen atoms in total. The number of anilines is 1. The number of halogens is 1. The molecule has 5 aromatic rings. The number of thioether (sulfide) groups is 1. The van der Waals surface area contributed by atoms with Gasteiger partial charge in [-0.3, -0.25) is 14.5 Å². The van der Waals surface area contributed by atoms with E-state index in [9.17, 15) is 19.1 Å². The van der Waals surface area contributed by atoms with Gasteiger partial charge in [0.05, 0.1) is 11.6 Å². The van der Waals surface area contributed by atoms with Crippen molar-refractivity contribution in [1.82, 2.24) is 10.2 Å². The minimum Gasteiger partial charge on any atom is -0.507 e. The number of benzene rings is 4. The molecule has 0 spiro atoms. The number of nitrogens with zero attached hydrogens (tertiary/aromatic N) is 3. The van der Waals surface area contributed by atoms with Crippen LogP contribution in [0.5, 0.6) is 11.5 Å². The van der Waals surface area contributed by atoms with Crippen LogP contribution in [0.4, 0.5) is 9.52 Å². The van der Waals surface area contributed by atoms with Gasteiger partial charge >= 0.3 is 5.91 Å². The molecule has 1 fully saturated rings. The molecule has 2 aliphatic heterocycles. The maximum absolute atomic E-state index is 13.8. The van der Waals surface area contributed by atoms with Gasteiger partial charge in [0.15, 0.2) is 4.34 Å². The first-order valence-corrected chi connectivity index (χ1v) is 16.7. The van der Waals surface area contributed by atoms with Gasteiger partial charge in [0.1, 0.15) is 35.8 Å². The van der Waals surface area contributed by atoms with Crippen LogP contribution in [0.3, 0.4) is 0 Å². The lowest BCUT2D eigenvalue weighted by Crippen LogP contribution is -2.29. The molecule has 0 aliphatic carbocycles. The van der Waals surface area contributed by atoms with Crippen molar-refractivity contribution in [3.8, 4) is 11.5 Å². The fourth-order valence-electron chi connectivity index (χ4n) is 5.67. The number of ketones is 1. The van der Waals surface area contributed by atoms with Crippen molar-refractivity contribution < 1.29 is 28.6 Å². The third-order valence-electron chi connectivity index (χ3n) is 7.91. The predicted molar refractivity (Wildman–Crippen MR) is 178 cm³/mol. The Labute approximate surface area is 278 Å². The zero-order valence-electron chi connectivity index (χ0n) is 25.1. The molecule has 0 saturated carbocycles. The molecule has 1 aromatic heterocycles. The summed E-state index contributed by atoms with van der Waals surface area (Å²) in [4.78, 5) is 28.8.